The molecule has 0 aliphatic rings. The van der Waals surface area contributed by atoms with Crippen LogP contribution < -0.4 is 5.32 Å². The molecule has 0 radical (unpaired) electrons. The zero-order valence-electron chi connectivity index (χ0n) is 11.4. The highest BCUT2D eigenvalue weighted by Crippen LogP contribution is 2.22. The first-order valence-electron chi connectivity index (χ1n) is 6.25. The fourth-order valence-electron chi connectivity index (χ4n) is 2.04. The van der Waals surface area contributed by atoms with Crippen molar-refractivity contribution in [3.05, 3.63) is 51.0 Å². The van der Waals surface area contributed by atoms with Gasteiger partial charge in [-0.05, 0) is 44.5 Å². The summed E-state index contributed by atoms with van der Waals surface area (Å²) in [5.74, 6) is 0. The highest BCUT2D eigenvalue weighted by Gasteiger charge is 2.12. The van der Waals surface area contributed by atoms with Crippen LogP contribution in [0.3, 0.4) is 0 Å². The van der Waals surface area contributed by atoms with Gasteiger partial charge in [0.2, 0.25) is 0 Å². The molecule has 0 aliphatic heterocycles. The lowest BCUT2D eigenvalue weighted by Crippen LogP contribution is -2.19. The maximum Gasteiger partial charge on any atom is 0.0947 e. The van der Waals surface area contributed by atoms with Crippen molar-refractivity contribution in [2.24, 2.45) is 0 Å². The lowest BCUT2D eigenvalue weighted by Gasteiger charge is -2.16. The van der Waals surface area contributed by atoms with Crippen LogP contribution in [0.15, 0.2) is 23.6 Å². The van der Waals surface area contributed by atoms with Crippen LogP contribution in [-0.2, 0) is 6.42 Å². The molecule has 1 atom stereocenters. The summed E-state index contributed by atoms with van der Waals surface area (Å²) in [7, 11) is 2.01. The second-order valence-corrected chi connectivity index (χ2v) is 5.71. The summed E-state index contributed by atoms with van der Waals surface area (Å²) >= 11 is 1.74. The molecule has 2 aromatic rings. The van der Waals surface area contributed by atoms with Crippen LogP contribution >= 0.6 is 11.3 Å². The topological polar surface area (TPSA) is 24.9 Å². The van der Waals surface area contributed by atoms with Crippen LogP contribution in [0.2, 0.25) is 0 Å². The van der Waals surface area contributed by atoms with Crippen molar-refractivity contribution in [3.63, 3.8) is 0 Å². The molecule has 18 heavy (non-hydrogen) atoms. The van der Waals surface area contributed by atoms with Gasteiger partial charge in [0.05, 0.1) is 5.01 Å². The molecular formula is C15H20N2S. The maximum atomic E-state index is 4.54. The minimum atomic E-state index is 0.342. The van der Waals surface area contributed by atoms with Gasteiger partial charge in [0.15, 0.2) is 0 Å². The number of rotatable bonds is 4. The summed E-state index contributed by atoms with van der Waals surface area (Å²) in [5.41, 5.74) is 5.15. The third-order valence-electron chi connectivity index (χ3n) is 3.33. The molecule has 3 heteroatoms. The fraction of sp³-hybridized carbons (Fsp3) is 0.400. The molecule has 0 spiro atoms. The Balaban J connectivity index is 2.19. The monoisotopic (exact) mass is 260 g/mol. The third kappa shape index (κ3) is 2.98. The molecule has 0 bridgehead atoms. The van der Waals surface area contributed by atoms with Gasteiger partial charge >= 0.3 is 0 Å². The van der Waals surface area contributed by atoms with E-state index in [2.05, 4.69) is 47.7 Å². The van der Waals surface area contributed by atoms with E-state index in [9.17, 15) is 0 Å². The second kappa shape index (κ2) is 5.63. The first kappa shape index (κ1) is 13.2. The molecule has 1 heterocycles. The third-order valence-corrected chi connectivity index (χ3v) is 4.32. The number of nitrogens with one attached hydrogen (secondary N) is 1. The van der Waals surface area contributed by atoms with Gasteiger partial charge in [0.1, 0.15) is 0 Å². The van der Waals surface area contributed by atoms with E-state index in [-0.39, 0.29) is 0 Å². The molecule has 0 saturated carbocycles. The summed E-state index contributed by atoms with van der Waals surface area (Å²) in [6.45, 7) is 6.36. The number of hydrogen-bond donors (Lipinski definition) is 1. The summed E-state index contributed by atoms with van der Waals surface area (Å²) in [6.07, 6.45) is 0.956. The number of aryl methyl sites for hydroxylation is 3. The summed E-state index contributed by atoms with van der Waals surface area (Å²) in [5, 5.41) is 6.70. The number of hydrogen-bond acceptors (Lipinski definition) is 3. The number of likely N-dealkylation sites (N-methyl/N-ethyl adjacent to an activating group) is 1. The van der Waals surface area contributed by atoms with Crippen LogP contribution in [0.5, 0.6) is 0 Å². The summed E-state index contributed by atoms with van der Waals surface area (Å²) in [4.78, 5) is 4.54. The number of nitrogens with zero attached hydrogens (tertiary/aromatic N) is 1. The van der Waals surface area contributed by atoms with E-state index >= 15 is 0 Å². The molecule has 0 saturated heterocycles. The van der Waals surface area contributed by atoms with E-state index < -0.39 is 0 Å². The lowest BCUT2D eigenvalue weighted by molar-refractivity contribution is 0.589. The molecular weight excluding hydrogens is 240 g/mol. The maximum absolute atomic E-state index is 4.54. The molecule has 0 fully saturated rings. The molecule has 1 N–H and O–H groups in total. The van der Waals surface area contributed by atoms with Gasteiger partial charge in [-0.1, -0.05) is 18.2 Å². The summed E-state index contributed by atoms with van der Waals surface area (Å²) < 4.78 is 0. The molecule has 2 rings (SSSR count). The predicted molar refractivity (Wildman–Crippen MR) is 78.3 cm³/mol. The zero-order valence-corrected chi connectivity index (χ0v) is 12.3. The number of aromatic nitrogens is 1. The van der Waals surface area contributed by atoms with Gasteiger partial charge in [-0.15, -0.1) is 11.3 Å². The predicted octanol–water partition coefficient (Wildman–Crippen LogP) is 3.57. The van der Waals surface area contributed by atoms with Crippen LogP contribution in [-0.4, -0.2) is 12.0 Å². The standard InChI is InChI=1S/C15H20N2S/c1-10-5-6-13(7-11(10)2)14(16-4)8-15-17-12(3)9-18-15/h5-7,9,14,16H,8H2,1-4H3. The SMILES string of the molecule is CNC(Cc1nc(C)cs1)c1ccc(C)c(C)c1. The van der Waals surface area contributed by atoms with Crippen molar-refractivity contribution in [3.8, 4) is 0 Å². The average molecular weight is 260 g/mol. The Morgan fingerprint density at radius 1 is 1.22 bits per heavy atom. The molecule has 1 unspecified atom stereocenters. The Morgan fingerprint density at radius 3 is 2.56 bits per heavy atom. The smallest absolute Gasteiger partial charge is 0.0947 e. The molecule has 0 aliphatic carbocycles. The molecule has 1 aromatic heterocycles. The van der Waals surface area contributed by atoms with Gasteiger partial charge in [-0.2, -0.15) is 0 Å². The largest absolute Gasteiger partial charge is 0.313 e. The normalized spacial score (nSPS) is 12.7. The van der Waals surface area contributed by atoms with Crippen LogP contribution in [0.1, 0.15) is 33.4 Å². The minimum absolute atomic E-state index is 0.342. The van der Waals surface area contributed by atoms with Crippen molar-refractivity contribution < 1.29 is 0 Å². The van der Waals surface area contributed by atoms with Crippen molar-refractivity contribution in [1.29, 1.82) is 0 Å². The van der Waals surface area contributed by atoms with E-state index in [0.717, 1.165) is 12.1 Å². The molecule has 0 amide bonds. The number of benzene rings is 1. The van der Waals surface area contributed by atoms with Gasteiger partial charge in [-0.3, -0.25) is 0 Å². The average Bonchev–Trinajstić information content (AvgIpc) is 2.75. The van der Waals surface area contributed by atoms with E-state index in [4.69, 9.17) is 0 Å². The van der Waals surface area contributed by atoms with E-state index in [1.54, 1.807) is 11.3 Å². The van der Waals surface area contributed by atoms with E-state index in [1.807, 2.05) is 14.0 Å². The summed E-state index contributed by atoms with van der Waals surface area (Å²) in [6, 6.07) is 7.03. The van der Waals surface area contributed by atoms with Crippen molar-refractivity contribution in [2.45, 2.75) is 33.2 Å². The fourth-order valence-corrected chi connectivity index (χ4v) is 2.86. The number of thiazole rings is 1. The van der Waals surface area contributed by atoms with E-state index in [1.165, 1.54) is 21.7 Å². The van der Waals surface area contributed by atoms with Crippen LogP contribution in [0.4, 0.5) is 0 Å². The minimum Gasteiger partial charge on any atom is -0.313 e. The first-order valence-corrected chi connectivity index (χ1v) is 7.13. The second-order valence-electron chi connectivity index (χ2n) is 4.77. The van der Waals surface area contributed by atoms with Gasteiger partial charge < -0.3 is 5.32 Å². The molecule has 1 aromatic carbocycles. The molecule has 96 valence electrons. The Morgan fingerprint density at radius 2 is 2.00 bits per heavy atom. The van der Waals surface area contributed by atoms with Crippen molar-refractivity contribution in [2.75, 3.05) is 7.05 Å². The highest BCUT2D eigenvalue weighted by atomic mass is 32.1. The van der Waals surface area contributed by atoms with E-state index in [0.29, 0.717) is 6.04 Å². The van der Waals surface area contributed by atoms with Gasteiger partial charge in [0.25, 0.3) is 0 Å². The van der Waals surface area contributed by atoms with Gasteiger partial charge in [0, 0.05) is 23.5 Å². The lowest BCUT2D eigenvalue weighted by atomic mass is 9.99. The Bertz CT molecular complexity index is 531. The van der Waals surface area contributed by atoms with Crippen LogP contribution in [0.25, 0.3) is 0 Å². The van der Waals surface area contributed by atoms with Gasteiger partial charge in [-0.25, -0.2) is 4.98 Å². The quantitative estimate of drug-likeness (QED) is 0.909. The Hall–Kier alpha value is -1.19. The first-order chi connectivity index (χ1) is 8.60. The van der Waals surface area contributed by atoms with Crippen molar-refractivity contribution >= 4 is 11.3 Å². The molecule has 2 nitrogen and oxygen atoms in total. The highest BCUT2D eigenvalue weighted by molar-refractivity contribution is 7.09. The Labute approximate surface area is 113 Å². The Kier molecular flexibility index (Phi) is 4.15. The zero-order chi connectivity index (χ0) is 13.1. The van der Waals surface area contributed by atoms with Crippen molar-refractivity contribution in [1.82, 2.24) is 10.3 Å². The van der Waals surface area contributed by atoms with Crippen LogP contribution in [0, 0.1) is 20.8 Å².